The molecule has 4 nitrogen and oxygen atoms in total. The second kappa shape index (κ2) is 6.63. The zero-order chi connectivity index (χ0) is 14.5. The summed E-state index contributed by atoms with van der Waals surface area (Å²) < 4.78 is 0. The van der Waals surface area contributed by atoms with E-state index in [1.165, 1.54) is 42.5 Å². The van der Waals surface area contributed by atoms with E-state index in [4.69, 9.17) is 0 Å². The molecular formula is C16H17N3OS. The Morgan fingerprint density at radius 1 is 1.24 bits per heavy atom. The number of nitrogens with one attached hydrogen (secondary N) is 1. The zero-order valence-electron chi connectivity index (χ0n) is 11.7. The van der Waals surface area contributed by atoms with Gasteiger partial charge in [-0.05, 0) is 49.4 Å². The molecule has 108 valence electrons. The molecule has 0 aromatic carbocycles. The molecule has 0 saturated carbocycles. The molecular weight excluding hydrogens is 282 g/mol. The number of thiophene rings is 1. The Balaban J connectivity index is 1.63. The van der Waals surface area contributed by atoms with Crippen LogP contribution < -0.4 is 5.43 Å². The molecule has 0 radical (unpaired) electrons. The van der Waals surface area contributed by atoms with Gasteiger partial charge in [-0.15, -0.1) is 11.3 Å². The third-order valence-electron chi connectivity index (χ3n) is 3.57. The molecule has 0 unspecified atom stereocenters. The number of carbonyl (C=O) groups is 1. The maximum atomic E-state index is 11.8. The average Bonchev–Trinajstić information content (AvgIpc) is 2.77. The van der Waals surface area contributed by atoms with Gasteiger partial charge in [0.05, 0.1) is 6.21 Å². The summed E-state index contributed by atoms with van der Waals surface area (Å²) in [5, 5.41) is 4.05. The standard InChI is InChI=1S/C16H17N3OS/c20-16(12-6-8-17-9-7-12)19-18-11-14-10-13-4-2-1-3-5-15(13)21-14/h6-11H,1-5H2,(H,19,20). The number of nitrogens with zero attached hydrogens (tertiary/aromatic N) is 2. The first kappa shape index (κ1) is 13.9. The van der Waals surface area contributed by atoms with Crippen molar-refractivity contribution in [2.75, 3.05) is 0 Å². The first-order chi connectivity index (χ1) is 10.3. The van der Waals surface area contributed by atoms with Crippen molar-refractivity contribution in [2.24, 2.45) is 5.10 Å². The fraction of sp³-hybridized carbons (Fsp3) is 0.312. The minimum Gasteiger partial charge on any atom is -0.267 e. The van der Waals surface area contributed by atoms with Gasteiger partial charge in [0.15, 0.2) is 0 Å². The Morgan fingerprint density at radius 2 is 2.05 bits per heavy atom. The molecule has 0 atom stereocenters. The van der Waals surface area contributed by atoms with E-state index in [9.17, 15) is 4.79 Å². The molecule has 0 saturated heterocycles. The van der Waals surface area contributed by atoms with Gasteiger partial charge in [-0.2, -0.15) is 5.10 Å². The van der Waals surface area contributed by atoms with Crippen molar-refractivity contribution in [1.82, 2.24) is 10.4 Å². The first-order valence-corrected chi connectivity index (χ1v) is 7.99. The minimum atomic E-state index is -0.216. The Hall–Kier alpha value is -2.01. The Bertz CT molecular complexity index is 625. The summed E-state index contributed by atoms with van der Waals surface area (Å²) in [7, 11) is 0. The smallest absolute Gasteiger partial charge is 0.267 e. The molecule has 2 heterocycles. The van der Waals surface area contributed by atoms with Gasteiger partial charge >= 0.3 is 0 Å². The Kier molecular flexibility index (Phi) is 4.40. The lowest BCUT2D eigenvalue weighted by Gasteiger charge is -1.97. The van der Waals surface area contributed by atoms with Crippen LogP contribution in [-0.4, -0.2) is 17.1 Å². The number of hydrogen-bond donors (Lipinski definition) is 1. The van der Waals surface area contributed by atoms with Crippen LogP contribution in [0.15, 0.2) is 35.7 Å². The van der Waals surface area contributed by atoms with Gasteiger partial charge in [-0.25, -0.2) is 5.43 Å². The van der Waals surface area contributed by atoms with E-state index in [2.05, 4.69) is 21.6 Å². The van der Waals surface area contributed by atoms with Crippen LogP contribution >= 0.6 is 11.3 Å². The number of rotatable bonds is 3. The normalized spacial score (nSPS) is 14.7. The fourth-order valence-electron chi connectivity index (χ4n) is 2.48. The van der Waals surface area contributed by atoms with Gasteiger partial charge in [0.1, 0.15) is 0 Å². The highest BCUT2D eigenvalue weighted by Crippen LogP contribution is 2.27. The number of hydrogen-bond acceptors (Lipinski definition) is 4. The Morgan fingerprint density at radius 3 is 2.90 bits per heavy atom. The highest BCUT2D eigenvalue weighted by molar-refractivity contribution is 7.13. The van der Waals surface area contributed by atoms with Crippen LogP contribution in [0, 0.1) is 0 Å². The van der Waals surface area contributed by atoms with E-state index in [-0.39, 0.29) is 5.91 Å². The second-order valence-corrected chi connectivity index (χ2v) is 6.26. The highest BCUT2D eigenvalue weighted by atomic mass is 32.1. The van der Waals surface area contributed by atoms with Crippen molar-refractivity contribution in [3.63, 3.8) is 0 Å². The van der Waals surface area contributed by atoms with Crippen LogP contribution in [0.1, 0.15) is 44.9 Å². The monoisotopic (exact) mass is 299 g/mol. The summed E-state index contributed by atoms with van der Waals surface area (Å²) in [6.07, 6.45) is 11.2. The summed E-state index contributed by atoms with van der Waals surface area (Å²) in [6.45, 7) is 0. The predicted molar refractivity (Wildman–Crippen MR) is 84.9 cm³/mol. The van der Waals surface area contributed by atoms with Crippen LogP contribution in [-0.2, 0) is 12.8 Å². The van der Waals surface area contributed by atoms with Gasteiger partial charge in [0, 0.05) is 27.7 Å². The second-order valence-electron chi connectivity index (χ2n) is 5.09. The van der Waals surface area contributed by atoms with Gasteiger partial charge in [-0.1, -0.05) is 6.42 Å². The van der Waals surface area contributed by atoms with E-state index in [1.807, 2.05) is 0 Å². The molecule has 0 spiro atoms. The first-order valence-electron chi connectivity index (χ1n) is 7.18. The topological polar surface area (TPSA) is 54.4 Å². The molecule has 0 aliphatic heterocycles. The molecule has 5 heteroatoms. The third kappa shape index (κ3) is 3.55. The van der Waals surface area contributed by atoms with Crippen molar-refractivity contribution in [3.8, 4) is 0 Å². The lowest BCUT2D eigenvalue weighted by atomic mass is 10.1. The molecule has 3 rings (SSSR count). The van der Waals surface area contributed by atoms with Crippen molar-refractivity contribution < 1.29 is 4.79 Å². The predicted octanol–water partition coefficient (Wildman–Crippen LogP) is 3.18. The molecule has 2 aromatic rings. The van der Waals surface area contributed by atoms with E-state index in [0.717, 1.165) is 4.88 Å². The van der Waals surface area contributed by atoms with Crippen molar-refractivity contribution >= 4 is 23.5 Å². The SMILES string of the molecule is O=C(NN=Cc1cc2c(s1)CCCCC2)c1ccncc1. The van der Waals surface area contributed by atoms with Gasteiger partial charge in [-0.3, -0.25) is 9.78 Å². The van der Waals surface area contributed by atoms with E-state index < -0.39 is 0 Å². The zero-order valence-corrected chi connectivity index (χ0v) is 12.5. The van der Waals surface area contributed by atoms with Gasteiger partial charge < -0.3 is 0 Å². The van der Waals surface area contributed by atoms with E-state index in [0.29, 0.717) is 5.56 Å². The van der Waals surface area contributed by atoms with Crippen LogP contribution in [0.25, 0.3) is 0 Å². The molecule has 0 bridgehead atoms. The fourth-order valence-corrected chi connectivity index (χ4v) is 3.61. The molecule has 0 fully saturated rings. The molecule has 2 aromatic heterocycles. The van der Waals surface area contributed by atoms with Crippen LogP contribution in [0.2, 0.25) is 0 Å². The number of fused-ring (bicyclic) bond motifs is 1. The van der Waals surface area contributed by atoms with Crippen LogP contribution in [0.5, 0.6) is 0 Å². The summed E-state index contributed by atoms with van der Waals surface area (Å²) in [5.41, 5.74) is 4.57. The number of hydrazone groups is 1. The average molecular weight is 299 g/mol. The number of aryl methyl sites for hydroxylation is 2. The third-order valence-corrected chi connectivity index (χ3v) is 4.74. The lowest BCUT2D eigenvalue weighted by molar-refractivity contribution is 0.0955. The van der Waals surface area contributed by atoms with Gasteiger partial charge in [0.25, 0.3) is 5.91 Å². The molecule has 1 aliphatic carbocycles. The molecule has 1 amide bonds. The van der Waals surface area contributed by atoms with Crippen LogP contribution in [0.4, 0.5) is 0 Å². The van der Waals surface area contributed by atoms with Gasteiger partial charge in [0.2, 0.25) is 0 Å². The van der Waals surface area contributed by atoms with Crippen molar-refractivity contribution in [1.29, 1.82) is 0 Å². The van der Waals surface area contributed by atoms with Crippen molar-refractivity contribution in [3.05, 3.63) is 51.5 Å². The number of aromatic nitrogens is 1. The van der Waals surface area contributed by atoms with E-state index >= 15 is 0 Å². The van der Waals surface area contributed by atoms with Crippen LogP contribution in [0.3, 0.4) is 0 Å². The molecule has 1 aliphatic rings. The largest absolute Gasteiger partial charge is 0.271 e. The summed E-state index contributed by atoms with van der Waals surface area (Å²) in [5.74, 6) is -0.216. The summed E-state index contributed by atoms with van der Waals surface area (Å²) in [4.78, 5) is 18.3. The van der Waals surface area contributed by atoms with Crippen molar-refractivity contribution in [2.45, 2.75) is 32.1 Å². The maximum absolute atomic E-state index is 11.8. The minimum absolute atomic E-state index is 0.216. The maximum Gasteiger partial charge on any atom is 0.271 e. The Labute approximate surface area is 127 Å². The quantitative estimate of drug-likeness (QED) is 0.537. The van der Waals surface area contributed by atoms with E-state index in [1.54, 1.807) is 42.1 Å². The molecule has 21 heavy (non-hydrogen) atoms. The summed E-state index contributed by atoms with van der Waals surface area (Å²) >= 11 is 1.79. The number of amides is 1. The molecule has 1 N–H and O–H groups in total. The lowest BCUT2D eigenvalue weighted by Crippen LogP contribution is -2.17. The number of carbonyl (C=O) groups excluding carboxylic acids is 1. The number of pyridine rings is 1. The highest BCUT2D eigenvalue weighted by Gasteiger charge is 2.11. The summed E-state index contributed by atoms with van der Waals surface area (Å²) in [6, 6.07) is 5.53.